The van der Waals surface area contributed by atoms with E-state index >= 15 is 0 Å². The zero-order valence-electron chi connectivity index (χ0n) is 21.5. The van der Waals surface area contributed by atoms with Gasteiger partial charge >= 0.3 is 12.1 Å². The molecule has 38 heavy (non-hydrogen) atoms. The summed E-state index contributed by atoms with van der Waals surface area (Å²) in [6.45, 7) is 4.53. The normalized spacial score (nSPS) is 14.9. The molecule has 12 heteroatoms. The summed E-state index contributed by atoms with van der Waals surface area (Å²) in [5, 5.41) is 21.7. The first-order valence-corrected chi connectivity index (χ1v) is 12.5. The first-order chi connectivity index (χ1) is 18.2. The Hall–Kier alpha value is -4.06. The molecule has 0 aliphatic carbocycles. The molecule has 1 fully saturated rings. The van der Waals surface area contributed by atoms with Gasteiger partial charge in [0.05, 0.1) is 12.7 Å². The fourth-order valence-electron chi connectivity index (χ4n) is 4.04. The summed E-state index contributed by atoms with van der Waals surface area (Å²) in [5.41, 5.74) is 1.12. The van der Waals surface area contributed by atoms with Gasteiger partial charge in [0.15, 0.2) is 5.82 Å². The van der Waals surface area contributed by atoms with Crippen molar-refractivity contribution in [2.45, 2.75) is 45.3 Å². The number of aliphatic hydroxyl groups excluding tert-OH is 1. The zero-order chi connectivity index (χ0) is 27.7. The largest absolute Gasteiger partial charge is 0.481 e. The summed E-state index contributed by atoms with van der Waals surface area (Å²) < 4.78 is 5.00. The first kappa shape index (κ1) is 28.5. The van der Waals surface area contributed by atoms with Gasteiger partial charge in [0.25, 0.3) is 5.91 Å². The standard InChI is InChI=1S/C26H33N5O7/c1-3-38-26(37)31-13-11-30(12-14-31)25(36)20(9-10-22(33)34)29-24(35)21-16-19(15-17(2)32)27-23(28-21)18-7-5-4-6-8-18/h4-8,16-17,20,32H,3,9-15H2,1-2H3,(H,29,35)(H,33,34)/t17?,20-/m0/s1. The Morgan fingerprint density at radius 2 is 1.71 bits per heavy atom. The zero-order valence-corrected chi connectivity index (χ0v) is 21.5. The molecule has 0 radical (unpaired) electrons. The molecular formula is C26H33N5O7. The molecule has 2 atom stereocenters. The molecule has 1 aromatic carbocycles. The minimum atomic E-state index is -1.11. The van der Waals surface area contributed by atoms with Gasteiger partial charge in [-0.2, -0.15) is 0 Å². The van der Waals surface area contributed by atoms with Crippen molar-refractivity contribution in [2.24, 2.45) is 0 Å². The Morgan fingerprint density at radius 3 is 2.32 bits per heavy atom. The Balaban J connectivity index is 1.79. The van der Waals surface area contributed by atoms with E-state index in [0.29, 0.717) is 11.3 Å². The van der Waals surface area contributed by atoms with Gasteiger partial charge < -0.3 is 30.1 Å². The minimum absolute atomic E-state index is 0.00485. The van der Waals surface area contributed by atoms with E-state index < -0.39 is 36.0 Å². The van der Waals surface area contributed by atoms with Crippen LogP contribution < -0.4 is 5.32 Å². The summed E-state index contributed by atoms with van der Waals surface area (Å²) in [5.74, 6) is -1.91. The fraction of sp³-hybridized carbons (Fsp3) is 0.462. The molecule has 1 saturated heterocycles. The lowest BCUT2D eigenvalue weighted by Gasteiger charge is -2.35. The second-order valence-corrected chi connectivity index (χ2v) is 8.96. The van der Waals surface area contributed by atoms with E-state index in [2.05, 4.69) is 15.3 Å². The highest BCUT2D eigenvalue weighted by molar-refractivity contribution is 5.96. The summed E-state index contributed by atoms with van der Waals surface area (Å²) in [6.07, 6.45) is -1.42. The third kappa shape index (κ3) is 7.97. The topological polar surface area (TPSA) is 162 Å². The van der Waals surface area contributed by atoms with Gasteiger partial charge in [0.2, 0.25) is 5.91 Å². The molecule has 1 aliphatic rings. The van der Waals surface area contributed by atoms with Crippen LogP contribution in [-0.2, 0) is 20.7 Å². The quantitative estimate of drug-likeness (QED) is 0.414. The van der Waals surface area contributed by atoms with Gasteiger partial charge in [-0.15, -0.1) is 0 Å². The number of aliphatic hydroxyl groups is 1. The minimum Gasteiger partial charge on any atom is -0.481 e. The molecule has 1 unspecified atom stereocenters. The number of carboxylic acid groups (broad SMARTS) is 1. The fourth-order valence-corrected chi connectivity index (χ4v) is 4.04. The number of ether oxygens (including phenoxy) is 1. The molecule has 12 nitrogen and oxygen atoms in total. The third-order valence-corrected chi connectivity index (χ3v) is 5.92. The van der Waals surface area contributed by atoms with Crippen molar-refractivity contribution in [2.75, 3.05) is 32.8 Å². The lowest BCUT2D eigenvalue weighted by Crippen LogP contribution is -2.56. The summed E-state index contributed by atoms with van der Waals surface area (Å²) >= 11 is 0. The number of nitrogens with one attached hydrogen (secondary N) is 1. The maximum atomic E-state index is 13.3. The van der Waals surface area contributed by atoms with E-state index in [-0.39, 0.29) is 63.6 Å². The molecular weight excluding hydrogens is 494 g/mol. The molecule has 1 aliphatic heterocycles. The number of piperazine rings is 1. The van der Waals surface area contributed by atoms with Crippen LogP contribution in [0.15, 0.2) is 36.4 Å². The molecule has 3 N–H and O–H groups in total. The lowest BCUT2D eigenvalue weighted by molar-refractivity contribution is -0.138. The van der Waals surface area contributed by atoms with E-state index in [1.807, 2.05) is 18.2 Å². The number of rotatable bonds is 10. The maximum Gasteiger partial charge on any atom is 0.409 e. The predicted octanol–water partition coefficient (Wildman–Crippen LogP) is 1.33. The second-order valence-electron chi connectivity index (χ2n) is 8.96. The van der Waals surface area contributed by atoms with E-state index in [9.17, 15) is 29.4 Å². The Kier molecular flexibility index (Phi) is 10.1. The number of aliphatic carboxylic acids is 1. The molecule has 0 saturated carbocycles. The number of carboxylic acids is 1. The van der Waals surface area contributed by atoms with Crippen LogP contribution >= 0.6 is 0 Å². The van der Waals surface area contributed by atoms with Gasteiger partial charge in [0.1, 0.15) is 11.7 Å². The van der Waals surface area contributed by atoms with Gasteiger partial charge in [-0.1, -0.05) is 30.3 Å². The van der Waals surface area contributed by atoms with E-state index in [0.717, 1.165) is 0 Å². The number of aromatic nitrogens is 2. The molecule has 0 spiro atoms. The highest BCUT2D eigenvalue weighted by Crippen LogP contribution is 2.17. The van der Waals surface area contributed by atoms with E-state index in [4.69, 9.17) is 4.74 Å². The smallest absolute Gasteiger partial charge is 0.409 e. The van der Waals surface area contributed by atoms with Gasteiger partial charge in [-0.05, 0) is 26.3 Å². The summed E-state index contributed by atoms with van der Waals surface area (Å²) in [7, 11) is 0. The van der Waals surface area contributed by atoms with Crippen LogP contribution in [0.25, 0.3) is 11.4 Å². The number of carbonyl (C=O) groups excluding carboxylic acids is 3. The van der Waals surface area contributed by atoms with Crippen molar-refractivity contribution in [3.63, 3.8) is 0 Å². The van der Waals surface area contributed by atoms with Crippen LogP contribution in [0, 0.1) is 0 Å². The van der Waals surface area contributed by atoms with Crippen molar-refractivity contribution in [1.82, 2.24) is 25.1 Å². The van der Waals surface area contributed by atoms with Crippen molar-refractivity contribution in [3.8, 4) is 11.4 Å². The number of hydrogen-bond acceptors (Lipinski definition) is 8. The maximum absolute atomic E-state index is 13.3. The molecule has 2 aromatic rings. The average Bonchev–Trinajstić information content (AvgIpc) is 2.90. The van der Waals surface area contributed by atoms with Crippen molar-refractivity contribution < 1.29 is 34.1 Å². The van der Waals surface area contributed by atoms with Crippen LogP contribution in [-0.4, -0.2) is 98.8 Å². The van der Waals surface area contributed by atoms with Crippen molar-refractivity contribution in [1.29, 1.82) is 0 Å². The van der Waals surface area contributed by atoms with Crippen molar-refractivity contribution >= 4 is 23.9 Å². The first-order valence-electron chi connectivity index (χ1n) is 12.5. The Bertz CT molecular complexity index is 1130. The third-order valence-electron chi connectivity index (χ3n) is 5.92. The molecule has 3 rings (SSSR count). The van der Waals surface area contributed by atoms with Crippen molar-refractivity contribution in [3.05, 3.63) is 47.8 Å². The lowest BCUT2D eigenvalue weighted by atomic mass is 10.1. The second kappa shape index (κ2) is 13.5. The molecule has 2 heterocycles. The van der Waals surface area contributed by atoms with Crippen LogP contribution in [0.1, 0.15) is 42.9 Å². The predicted molar refractivity (Wildman–Crippen MR) is 136 cm³/mol. The summed E-state index contributed by atoms with van der Waals surface area (Å²) in [4.78, 5) is 61.6. The molecule has 0 bridgehead atoms. The van der Waals surface area contributed by atoms with Gasteiger partial charge in [-0.25, -0.2) is 14.8 Å². The highest BCUT2D eigenvalue weighted by atomic mass is 16.6. The SMILES string of the molecule is CCOC(=O)N1CCN(C(=O)[C@H](CCC(=O)O)NC(=O)c2cc(CC(C)O)nc(-c3ccccc3)n2)CC1. The molecule has 1 aromatic heterocycles. The van der Waals surface area contributed by atoms with Crippen LogP contribution in [0.5, 0.6) is 0 Å². The van der Waals surface area contributed by atoms with Gasteiger partial charge in [0, 0.05) is 50.3 Å². The van der Waals surface area contributed by atoms with Gasteiger partial charge in [-0.3, -0.25) is 14.4 Å². The Labute approximate surface area is 220 Å². The Morgan fingerprint density at radius 1 is 1.05 bits per heavy atom. The number of carbonyl (C=O) groups is 4. The van der Waals surface area contributed by atoms with E-state index in [1.165, 1.54) is 15.9 Å². The molecule has 3 amide bonds. The van der Waals surface area contributed by atoms with Crippen LogP contribution in [0.4, 0.5) is 4.79 Å². The summed E-state index contributed by atoms with van der Waals surface area (Å²) in [6, 6.07) is 9.37. The average molecular weight is 528 g/mol. The van der Waals surface area contributed by atoms with E-state index in [1.54, 1.807) is 26.0 Å². The molecule has 204 valence electrons. The highest BCUT2D eigenvalue weighted by Gasteiger charge is 2.31. The number of nitrogens with zero attached hydrogens (tertiary/aromatic N) is 4. The van der Waals surface area contributed by atoms with Crippen LogP contribution in [0.3, 0.4) is 0 Å². The number of hydrogen-bond donors (Lipinski definition) is 3. The van der Waals surface area contributed by atoms with Crippen LogP contribution in [0.2, 0.25) is 0 Å². The number of amides is 3. The number of benzene rings is 1. The monoisotopic (exact) mass is 527 g/mol.